The largest absolute Gasteiger partial charge is 0.454 e. The van der Waals surface area contributed by atoms with Crippen LogP contribution >= 0.6 is 0 Å². The van der Waals surface area contributed by atoms with Crippen molar-refractivity contribution in [2.45, 2.75) is 20.4 Å². The number of hydrogen-bond donors (Lipinski definition) is 2. The Hall–Kier alpha value is -3.61. The molecule has 1 amide bonds. The molecule has 0 aliphatic carbocycles. The third kappa shape index (κ3) is 4.03. The molecule has 0 atom stereocenters. The van der Waals surface area contributed by atoms with Gasteiger partial charge in [0.25, 0.3) is 5.91 Å². The number of rotatable bonds is 5. The summed E-state index contributed by atoms with van der Waals surface area (Å²) in [7, 11) is 0. The minimum absolute atomic E-state index is 0.243. The van der Waals surface area contributed by atoms with E-state index in [-0.39, 0.29) is 12.7 Å². The summed E-state index contributed by atoms with van der Waals surface area (Å²) in [5, 5.41) is 6.03. The molecule has 4 rings (SSSR count). The van der Waals surface area contributed by atoms with Crippen LogP contribution in [0.15, 0.2) is 48.5 Å². The van der Waals surface area contributed by atoms with Crippen LogP contribution in [0.1, 0.15) is 27.3 Å². The zero-order chi connectivity index (χ0) is 19.5. The van der Waals surface area contributed by atoms with Gasteiger partial charge in [0.05, 0.1) is 0 Å². The second-order valence-corrected chi connectivity index (χ2v) is 6.58. The minimum Gasteiger partial charge on any atom is -0.454 e. The van der Waals surface area contributed by atoms with Crippen LogP contribution in [0, 0.1) is 13.8 Å². The number of aryl methyl sites for hydroxylation is 2. The van der Waals surface area contributed by atoms with E-state index in [0.717, 1.165) is 28.3 Å². The molecule has 3 aromatic rings. The highest BCUT2D eigenvalue weighted by molar-refractivity contribution is 6.03. The van der Waals surface area contributed by atoms with E-state index in [9.17, 15) is 4.79 Å². The summed E-state index contributed by atoms with van der Waals surface area (Å²) >= 11 is 0. The van der Waals surface area contributed by atoms with E-state index < -0.39 is 0 Å². The first-order valence-corrected chi connectivity index (χ1v) is 8.93. The molecule has 0 saturated carbocycles. The van der Waals surface area contributed by atoms with Gasteiger partial charge in [0.15, 0.2) is 11.5 Å². The van der Waals surface area contributed by atoms with Crippen LogP contribution in [0.25, 0.3) is 0 Å². The van der Waals surface area contributed by atoms with Crippen molar-refractivity contribution in [3.63, 3.8) is 0 Å². The van der Waals surface area contributed by atoms with Crippen molar-refractivity contribution in [1.82, 2.24) is 9.97 Å². The number of nitrogens with one attached hydrogen (secondary N) is 2. The SMILES string of the molecule is Cc1cccc(NC(=O)c2cc(C)nc(NCc3ccc4c(c3)OCO4)n2)c1. The lowest BCUT2D eigenvalue weighted by molar-refractivity contribution is 0.102. The molecule has 2 N–H and O–H groups in total. The molecule has 7 heteroatoms. The van der Waals surface area contributed by atoms with E-state index in [1.165, 1.54) is 0 Å². The fraction of sp³-hybridized carbons (Fsp3) is 0.190. The second kappa shape index (κ2) is 7.56. The van der Waals surface area contributed by atoms with Gasteiger partial charge in [-0.05, 0) is 55.3 Å². The van der Waals surface area contributed by atoms with Crippen molar-refractivity contribution < 1.29 is 14.3 Å². The summed E-state index contributed by atoms with van der Waals surface area (Å²) in [4.78, 5) is 21.3. The van der Waals surface area contributed by atoms with Crippen LogP contribution in [-0.2, 0) is 6.54 Å². The van der Waals surface area contributed by atoms with Crippen LogP contribution in [0.2, 0.25) is 0 Å². The molecule has 2 aromatic carbocycles. The number of nitrogens with zero attached hydrogens (tertiary/aromatic N) is 2. The molecular weight excluding hydrogens is 356 g/mol. The summed E-state index contributed by atoms with van der Waals surface area (Å²) in [5.74, 6) is 1.59. The third-order valence-electron chi connectivity index (χ3n) is 4.25. The molecule has 0 fully saturated rings. The second-order valence-electron chi connectivity index (χ2n) is 6.58. The van der Waals surface area contributed by atoms with Crippen LogP contribution in [0.5, 0.6) is 11.5 Å². The van der Waals surface area contributed by atoms with Crippen molar-refractivity contribution in [2.24, 2.45) is 0 Å². The van der Waals surface area contributed by atoms with E-state index >= 15 is 0 Å². The van der Waals surface area contributed by atoms with Crippen LogP contribution < -0.4 is 20.1 Å². The lowest BCUT2D eigenvalue weighted by Gasteiger charge is -2.10. The normalized spacial score (nSPS) is 11.9. The van der Waals surface area contributed by atoms with Crippen LogP contribution in [-0.4, -0.2) is 22.7 Å². The van der Waals surface area contributed by atoms with Crippen LogP contribution in [0.3, 0.4) is 0 Å². The summed E-state index contributed by atoms with van der Waals surface area (Å²) in [6.45, 7) is 4.55. The predicted octanol–water partition coefficient (Wildman–Crippen LogP) is 3.69. The number of benzene rings is 2. The van der Waals surface area contributed by atoms with Gasteiger partial charge in [-0.2, -0.15) is 0 Å². The van der Waals surface area contributed by atoms with Gasteiger partial charge in [0.2, 0.25) is 12.7 Å². The Bertz CT molecular complexity index is 1040. The quantitative estimate of drug-likeness (QED) is 0.706. The Morgan fingerprint density at radius 1 is 1.04 bits per heavy atom. The van der Waals surface area contributed by atoms with Gasteiger partial charge in [0, 0.05) is 17.9 Å². The topological polar surface area (TPSA) is 85.4 Å². The Balaban J connectivity index is 1.46. The number of ether oxygens (including phenoxy) is 2. The van der Waals surface area contributed by atoms with Gasteiger partial charge in [-0.1, -0.05) is 18.2 Å². The van der Waals surface area contributed by atoms with Crippen molar-refractivity contribution in [2.75, 3.05) is 17.4 Å². The number of carbonyl (C=O) groups is 1. The summed E-state index contributed by atoms with van der Waals surface area (Å²) in [6.07, 6.45) is 0. The number of hydrogen-bond acceptors (Lipinski definition) is 6. The molecule has 1 aliphatic heterocycles. The lowest BCUT2D eigenvalue weighted by atomic mass is 10.2. The van der Waals surface area contributed by atoms with Gasteiger partial charge < -0.3 is 20.1 Å². The summed E-state index contributed by atoms with van der Waals surface area (Å²) in [5.41, 5.74) is 3.82. The van der Waals surface area contributed by atoms with Gasteiger partial charge >= 0.3 is 0 Å². The fourth-order valence-electron chi connectivity index (χ4n) is 2.91. The molecule has 0 spiro atoms. The predicted molar refractivity (Wildman–Crippen MR) is 106 cm³/mol. The first-order chi connectivity index (χ1) is 13.6. The van der Waals surface area contributed by atoms with Crippen molar-refractivity contribution in [3.05, 3.63) is 71.0 Å². The molecule has 28 heavy (non-hydrogen) atoms. The molecule has 0 radical (unpaired) electrons. The van der Waals surface area contributed by atoms with Gasteiger partial charge in [0.1, 0.15) is 5.69 Å². The van der Waals surface area contributed by atoms with Crippen LogP contribution in [0.4, 0.5) is 11.6 Å². The monoisotopic (exact) mass is 376 g/mol. The van der Waals surface area contributed by atoms with Crippen molar-refractivity contribution >= 4 is 17.5 Å². The Morgan fingerprint density at radius 2 is 1.89 bits per heavy atom. The number of fused-ring (bicyclic) bond motifs is 1. The smallest absolute Gasteiger partial charge is 0.274 e. The molecule has 142 valence electrons. The lowest BCUT2D eigenvalue weighted by Crippen LogP contribution is -2.16. The first kappa shape index (κ1) is 17.8. The highest BCUT2D eigenvalue weighted by atomic mass is 16.7. The average molecular weight is 376 g/mol. The van der Waals surface area contributed by atoms with E-state index in [1.807, 2.05) is 56.3 Å². The van der Waals surface area contributed by atoms with E-state index in [0.29, 0.717) is 23.9 Å². The fourth-order valence-corrected chi connectivity index (χ4v) is 2.91. The first-order valence-electron chi connectivity index (χ1n) is 8.93. The molecule has 0 unspecified atom stereocenters. The number of anilines is 2. The maximum Gasteiger partial charge on any atom is 0.274 e. The molecule has 1 aromatic heterocycles. The van der Waals surface area contributed by atoms with E-state index in [1.54, 1.807) is 6.07 Å². The van der Waals surface area contributed by atoms with Crippen molar-refractivity contribution in [3.8, 4) is 11.5 Å². The standard InChI is InChI=1S/C21H20N4O3/c1-13-4-3-5-16(8-13)24-20(26)17-9-14(2)23-21(25-17)22-11-15-6-7-18-19(10-15)28-12-27-18/h3-10H,11-12H2,1-2H3,(H,24,26)(H,22,23,25). The molecule has 0 bridgehead atoms. The third-order valence-corrected chi connectivity index (χ3v) is 4.25. The highest BCUT2D eigenvalue weighted by Gasteiger charge is 2.14. The highest BCUT2D eigenvalue weighted by Crippen LogP contribution is 2.32. The zero-order valence-electron chi connectivity index (χ0n) is 15.7. The molecule has 0 saturated heterocycles. The number of amides is 1. The minimum atomic E-state index is -0.276. The van der Waals surface area contributed by atoms with Gasteiger partial charge in [-0.3, -0.25) is 4.79 Å². The van der Waals surface area contributed by atoms with Gasteiger partial charge in [-0.15, -0.1) is 0 Å². The van der Waals surface area contributed by atoms with E-state index in [4.69, 9.17) is 9.47 Å². The Labute approximate surface area is 162 Å². The zero-order valence-corrected chi connectivity index (χ0v) is 15.7. The molecular formula is C21H20N4O3. The maximum atomic E-state index is 12.6. The number of carbonyl (C=O) groups excluding carboxylic acids is 1. The number of aromatic nitrogens is 2. The van der Waals surface area contributed by atoms with E-state index in [2.05, 4.69) is 20.6 Å². The maximum absolute atomic E-state index is 12.6. The summed E-state index contributed by atoms with van der Waals surface area (Å²) in [6, 6.07) is 15.0. The molecule has 2 heterocycles. The molecule has 1 aliphatic rings. The summed E-state index contributed by atoms with van der Waals surface area (Å²) < 4.78 is 10.7. The Kier molecular flexibility index (Phi) is 4.80. The molecule has 7 nitrogen and oxygen atoms in total. The van der Waals surface area contributed by atoms with Gasteiger partial charge in [-0.25, -0.2) is 9.97 Å². The van der Waals surface area contributed by atoms with Crippen molar-refractivity contribution in [1.29, 1.82) is 0 Å². The Morgan fingerprint density at radius 3 is 2.75 bits per heavy atom. The average Bonchev–Trinajstić information content (AvgIpc) is 3.14.